The molecule has 0 amide bonds. The second-order valence-electron chi connectivity index (χ2n) is 5.02. The minimum Gasteiger partial charge on any atom is -0.440 e. The second kappa shape index (κ2) is 7.03. The zero-order valence-corrected chi connectivity index (χ0v) is 14.0. The Hall–Kier alpha value is -1.72. The predicted octanol–water partition coefficient (Wildman–Crippen LogP) is 4.20. The Morgan fingerprint density at radius 2 is 2.00 bits per heavy atom. The van der Waals surface area contributed by atoms with Crippen molar-refractivity contribution in [2.45, 2.75) is 19.1 Å². The molecule has 3 rings (SSSR count). The average molecular weight is 331 g/mol. The van der Waals surface area contributed by atoms with Gasteiger partial charge in [0.05, 0.1) is 16.3 Å². The molecule has 3 aromatic rings. The molecule has 22 heavy (non-hydrogen) atoms. The van der Waals surface area contributed by atoms with E-state index in [2.05, 4.69) is 17.1 Å². The molecule has 1 aromatic carbocycles. The van der Waals surface area contributed by atoms with Crippen molar-refractivity contribution >= 4 is 22.1 Å². The number of thiophene rings is 1. The summed E-state index contributed by atoms with van der Waals surface area (Å²) in [7, 11) is -0.934. The van der Waals surface area contributed by atoms with Gasteiger partial charge < -0.3 is 4.42 Å². The van der Waals surface area contributed by atoms with Crippen LogP contribution in [0.2, 0.25) is 0 Å². The molecule has 3 nitrogen and oxygen atoms in total. The Bertz CT molecular complexity index is 748. The highest BCUT2D eigenvalue weighted by atomic mass is 32.2. The molecule has 0 saturated carbocycles. The molecule has 0 aliphatic heterocycles. The van der Waals surface area contributed by atoms with Crippen LogP contribution in [0.15, 0.2) is 52.3 Å². The molecule has 0 aliphatic rings. The first kappa shape index (κ1) is 15.2. The molecule has 2 aromatic heterocycles. The summed E-state index contributed by atoms with van der Waals surface area (Å²) in [5.41, 5.74) is 2.02. The lowest BCUT2D eigenvalue weighted by atomic mass is 10.2. The number of hydrogen-bond acceptors (Lipinski definition) is 4. The van der Waals surface area contributed by atoms with E-state index in [-0.39, 0.29) is 0 Å². The van der Waals surface area contributed by atoms with Crippen molar-refractivity contribution in [3.05, 3.63) is 64.9 Å². The fourth-order valence-corrected chi connectivity index (χ4v) is 4.00. The number of oxazole rings is 1. The van der Waals surface area contributed by atoms with Crippen LogP contribution >= 0.6 is 11.3 Å². The molecule has 0 fully saturated rings. The Kier molecular flexibility index (Phi) is 4.85. The fraction of sp³-hybridized carbons (Fsp3) is 0.235. The molecule has 0 saturated heterocycles. The van der Waals surface area contributed by atoms with Crippen molar-refractivity contribution in [2.24, 2.45) is 0 Å². The summed E-state index contributed by atoms with van der Waals surface area (Å²) >= 11 is 1.59. The summed E-state index contributed by atoms with van der Waals surface area (Å²) < 4.78 is 18.0. The largest absolute Gasteiger partial charge is 0.440 e. The number of aromatic nitrogens is 1. The second-order valence-corrected chi connectivity index (χ2v) is 7.55. The van der Waals surface area contributed by atoms with Gasteiger partial charge in [-0.05, 0) is 30.4 Å². The predicted molar refractivity (Wildman–Crippen MR) is 91.4 cm³/mol. The Balaban J connectivity index is 1.62. The van der Waals surface area contributed by atoms with Crippen LogP contribution in [0.25, 0.3) is 10.8 Å². The number of rotatable bonds is 6. The maximum Gasteiger partial charge on any atom is 0.236 e. The number of hydrogen-bond donors (Lipinski definition) is 0. The van der Waals surface area contributed by atoms with Crippen molar-refractivity contribution in [3.8, 4) is 10.8 Å². The van der Waals surface area contributed by atoms with Crippen LogP contribution < -0.4 is 0 Å². The van der Waals surface area contributed by atoms with Crippen molar-refractivity contribution in [2.75, 3.05) is 5.75 Å². The van der Waals surface area contributed by atoms with Crippen LogP contribution in [-0.4, -0.2) is 14.9 Å². The molecule has 5 heteroatoms. The lowest BCUT2D eigenvalue weighted by molar-refractivity contribution is 0.541. The van der Waals surface area contributed by atoms with Crippen molar-refractivity contribution in [1.29, 1.82) is 0 Å². The zero-order chi connectivity index (χ0) is 15.4. The van der Waals surface area contributed by atoms with Crippen LogP contribution in [0, 0.1) is 6.92 Å². The van der Waals surface area contributed by atoms with Gasteiger partial charge in [-0.3, -0.25) is 4.21 Å². The molecule has 2 heterocycles. The highest BCUT2D eigenvalue weighted by molar-refractivity contribution is 7.84. The zero-order valence-electron chi connectivity index (χ0n) is 12.3. The summed E-state index contributed by atoms with van der Waals surface area (Å²) in [5.74, 6) is 2.48. The van der Waals surface area contributed by atoms with Gasteiger partial charge in [-0.2, -0.15) is 0 Å². The molecule has 0 N–H and O–H groups in total. The first-order chi connectivity index (χ1) is 10.7. The molecule has 0 aliphatic carbocycles. The maximum atomic E-state index is 12.3. The summed E-state index contributed by atoms with van der Waals surface area (Å²) in [6, 6.07) is 14.1. The van der Waals surface area contributed by atoms with E-state index in [1.807, 2.05) is 42.6 Å². The molecule has 0 spiro atoms. The van der Waals surface area contributed by atoms with Crippen LogP contribution in [-0.2, 0) is 23.0 Å². The Morgan fingerprint density at radius 1 is 1.18 bits per heavy atom. The molecule has 114 valence electrons. The lowest BCUT2D eigenvalue weighted by Gasteiger charge is -2.01. The van der Waals surface area contributed by atoms with Gasteiger partial charge in [0.15, 0.2) is 0 Å². The monoisotopic (exact) mass is 331 g/mol. The summed E-state index contributed by atoms with van der Waals surface area (Å²) in [4.78, 5) is 5.50. The maximum absolute atomic E-state index is 12.3. The minimum absolute atomic E-state index is 0.452. The van der Waals surface area contributed by atoms with Gasteiger partial charge in [0, 0.05) is 16.6 Å². The molecular formula is C17H17NO2S2. The van der Waals surface area contributed by atoms with Gasteiger partial charge in [-0.1, -0.05) is 36.4 Å². The highest BCUT2D eigenvalue weighted by Gasteiger charge is 2.14. The number of benzene rings is 1. The molecule has 1 atom stereocenters. The fourth-order valence-electron chi connectivity index (χ4n) is 2.17. The van der Waals surface area contributed by atoms with E-state index in [1.54, 1.807) is 11.3 Å². The third kappa shape index (κ3) is 3.72. The normalized spacial score (nSPS) is 12.4. The van der Waals surface area contributed by atoms with Crippen LogP contribution in [0.4, 0.5) is 0 Å². The van der Waals surface area contributed by atoms with E-state index in [9.17, 15) is 4.21 Å². The molecule has 0 bridgehead atoms. The highest BCUT2D eigenvalue weighted by Crippen LogP contribution is 2.26. The van der Waals surface area contributed by atoms with Gasteiger partial charge in [0.1, 0.15) is 5.76 Å². The average Bonchev–Trinajstić information content (AvgIpc) is 3.17. The van der Waals surface area contributed by atoms with E-state index in [0.29, 0.717) is 17.4 Å². The first-order valence-corrected chi connectivity index (χ1v) is 9.48. The van der Waals surface area contributed by atoms with Crippen LogP contribution in [0.1, 0.15) is 17.0 Å². The van der Waals surface area contributed by atoms with Crippen molar-refractivity contribution in [1.82, 2.24) is 4.98 Å². The third-order valence-corrected chi connectivity index (χ3v) is 5.50. The Labute approximate surface area is 136 Å². The summed E-state index contributed by atoms with van der Waals surface area (Å²) in [6.07, 6.45) is 0.822. The van der Waals surface area contributed by atoms with Crippen LogP contribution in [0.5, 0.6) is 0 Å². The Morgan fingerprint density at radius 3 is 2.73 bits per heavy atom. The van der Waals surface area contributed by atoms with Gasteiger partial charge >= 0.3 is 0 Å². The first-order valence-electron chi connectivity index (χ1n) is 7.11. The smallest absolute Gasteiger partial charge is 0.236 e. The van der Waals surface area contributed by atoms with E-state index >= 15 is 0 Å². The number of aryl methyl sites for hydroxylation is 2. The van der Waals surface area contributed by atoms with E-state index < -0.39 is 10.8 Å². The summed E-state index contributed by atoms with van der Waals surface area (Å²) in [6.45, 7) is 1.88. The SMILES string of the molecule is Cc1oc(-c2cccs2)nc1C[S@@](=O)CCc1ccccc1. The molecule has 0 radical (unpaired) electrons. The number of nitrogens with zero attached hydrogens (tertiary/aromatic N) is 1. The van der Waals surface area contributed by atoms with Gasteiger partial charge in [0.2, 0.25) is 5.89 Å². The lowest BCUT2D eigenvalue weighted by Crippen LogP contribution is -2.05. The van der Waals surface area contributed by atoms with E-state index in [4.69, 9.17) is 4.42 Å². The quantitative estimate of drug-likeness (QED) is 0.680. The van der Waals surface area contributed by atoms with E-state index in [0.717, 1.165) is 22.8 Å². The molecule has 0 unspecified atom stereocenters. The standard InChI is InChI=1S/C17H17NO2S2/c1-13-15(18-17(20-13)16-8-5-10-21-16)12-22(19)11-9-14-6-3-2-4-7-14/h2-8,10H,9,11-12H2,1H3/t22-/m0/s1. The van der Waals surface area contributed by atoms with E-state index in [1.165, 1.54) is 5.56 Å². The van der Waals surface area contributed by atoms with Gasteiger partial charge in [0.25, 0.3) is 0 Å². The van der Waals surface area contributed by atoms with Crippen molar-refractivity contribution in [3.63, 3.8) is 0 Å². The van der Waals surface area contributed by atoms with Crippen molar-refractivity contribution < 1.29 is 8.63 Å². The van der Waals surface area contributed by atoms with Crippen LogP contribution in [0.3, 0.4) is 0 Å². The summed E-state index contributed by atoms with van der Waals surface area (Å²) in [5, 5.41) is 1.99. The van der Waals surface area contributed by atoms with Gasteiger partial charge in [-0.15, -0.1) is 11.3 Å². The van der Waals surface area contributed by atoms with Gasteiger partial charge in [-0.25, -0.2) is 4.98 Å². The minimum atomic E-state index is -0.934. The topological polar surface area (TPSA) is 43.1 Å². The third-order valence-electron chi connectivity index (χ3n) is 3.38. The molecular weight excluding hydrogens is 314 g/mol.